The van der Waals surface area contributed by atoms with Gasteiger partial charge in [-0.2, -0.15) is 0 Å². The third kappa shape index (κ3) is 8.65. The van der Waals surface area contributed by atoms with Gasteiger partial charge in [-0.05, 0) is 20.3 Å². The van der Waals surface area contributed by atoms with Crippen molar-refractivity contribution in [2.45, 2.75) is 26.3 Å². The Balaban J connectivity index is 3.22. The van der Waals surface area contributed by atoms with Crippen LogP contribution in [-0.2, 0) is 4.79 Å². The molecule has 0 aliphatic heterocycles. The van der Waals surface area contributed by atoms with Crippen molar-refractivity contribution >= 4 is 12.4 Å². The lowest BCUT2D eigenvalue weighted by Crippen LogP contribution is -2.40. The monoisotopic (exact) mass is 186 g/mol. The highest BCUT2D eigenvalue weighted by Gasteiger charge is 1.99. The molecule has 0 saturated carbocycles. The first kappa shape index (κ1) is 11.7. The number of amides is 3. The molecular weight excluding hydrogens is 170 g/mol. The molecule has 0 rings (SSSR count). The summed E-state index contributed by atoms with van der Waals surface area (Å²) in [6.45, 7) is 4.86. The van der Waals surface area contributed by atoms with Gasteiger partial charge in [0, 0.05) is 19.1 Å². The summed E-state index contributed by atoms with van der Waals surface area (Å²) in [6, 6.07) is -0.0356. The molecule has 75 valence electrons. The largest absolute Gasteiger partial charge is 0.348 e. The minimum absolute atomic E-state index is 0.140. The quantitative estimate of drug-likeness (QED) is 0.395. The molecular formula is C8H16N3O2. The van der Waals surface area contributed by atoms with Crippen LogP contribution in [0.25, 0.3) is 0 Å². The maximum Gasteiger partial charge on any atom is 0.314 e. The Labute approximate surface area is 78.3 Å². The maximum atomic E-state index is 11.0. The topological polar surface area (TPSA) is 70.2 Å². The molecule has 0 unspecified atom stereocenters. The van der Waals surface area contributed by atoms with Gasteiger partial charge in [-0.1, -0.05) is 0 Å². The Hall–Kier alpha value is -1.26. The zero-order chi connectivity index (χ0) is 10.1. The van der Waals surface area contributed by atoms with E-state index in [4.69, 9.17) is 0 Å². The van der Waals surface area contributed by atoms with Gasteiger partial charge >= 0.3 is 12.4 Å². The maximum absolute atomic E-state index is 11.0. The minimum atomic E-state index is -0.176. The number of urea groups is 1. The molecule has 3 amide bonds. The van der Waals surface area contributed by atoms with Crippen molar-refractivity contribution in [1.29, 1.82) is 0 Å². The van der Waals surface area contributed by atoms with Gasteiger partial charge in [0.1, 0.15) is 0 Å². The van der Waals surface area contributed by atoms with E-state index in [2.05, 4.69) is 16.0 Å². The highest BCUT2D eigenvalue weighted by Crippen LogP contribution is 1.77. The van der Waals surface area contributed by atoms with Crippen LogP contribution < -0.4 is 16.0 Å². The molecule has 5 heteroatoms. The lowest BCUT2D eigenvalue weighted by Gasteiger charge is -2.09. The fourth-order valence-corrected chi connectivity index (χ4v) is 0.743. The van der Waals surface area contributed by atoms with E-state index >= 15 is 0 Å². The summed E-state index contributed by atoms with van der Waals surface area (Å²) in [5.41, 5.74) is 0. The standard InChI is InChI=1S/C8H16N3O2/c1-7(2)11-8(13)10-5-3-4-9-6-12/h7H,3-5H2,1-2H3,(H,9,12)(H2,10,11,13). The molecule has 0 aromatic rings. The highest BCUT2D eigenvalue weighted by molar-refractivity contribution is 5.73. The van der Waals surface area contributed by atoms with Gasteiger partial charge in [0.05, 0.1) is 0 Å². The van der Waals surface area contributed by atoms with Crippen LogP contribution in [0.4, 0.5) is 4.79 Å². The van der Waals surface area contributed by atoms with Crippen LogP contribution in [0.2, 0.25) is 0 Å². The Morgan fingerprint density at radius 2 is 2.08 bits per heavy atom. The van der Waals surface area contributed by atoms with Crippen molar-refractivity contribution < 1.29 is 9.59 Å². The van der Waals surface area contributed by atoms with E-state index in [0.29, 0.717) is 19.5 Å². The Bertz CT molecular complexity index is 159. The molecule has 13 heavy (non-hydrogen) atoms. The summed E-state index contributed by atoms with van der Waals surface area (Å²) < 4.78 is 0. The molecule has 1 radical (unpaired) electrons. The molecule has 0 bridgehead atoms. The number of hydrogen-bond donors (Lipinski definition) is 3. The van der Waals surface area contributed by atoms with Crippen molar-refractivity contribution in [3.05, 3.63) is 0 Å². The van der Waals surface area contributed by atoms with Crippen LogP contribution in [0.5, 0.6) is 0 Å². The number of nitrogens with one attached hydrogen (secondary N) is 3. The van der Waals surface area contributed by atoms with Gasteiger partial charge < -0.3 is 16.0 Å². The van der Waals surface area contributed by atoms with Gasteiger partial charge in [0.15, 0.2) is 0 Å². The summed E-state index contributed by atoms with van der Waals surface area (Å²) >= 11 is 0. The Kier molecular flexibility index (Phi) is 6.68. The fourth-order valence-electron chi connectivity index (χ4n) is 0.743. The summed E-state index contributed by atoms with van der Waals surface area (Å²) in [7, 11) is 0. The third-order valence-corrected chi connectivity index (χ3v) is 1.26. The number of carbonyl (C=O) groups excluding carboxylic acids is 2. The van der Waals surface area contributed by atoms with E-state index in [1.165, 1.54) is 0 Å². The van der Waals surface area contributed by atoms with E-state index in [-0.39, 0.29) is 12.1 Å². The minimum Gasteiger partial charge on any atom is -0.348 e. The normalized spacial score (nSPS) is 9.46. The van der Waals surface area contributed by atoms with Crippen LogP contribution in [0, 0.1) is 0 Å². The van der Waals surface area contributed by atoms with Crippen molar-refractivity contribution in [3.63, 3.8) is 0 Å². The summed E-state index contributed by atoms with van der Waals surface area (Å²) in [6.07, 6.45) is 2.27. The zero-order valence-corrected chi connectivity index (χ0v) is 8.02. The molecule has 5 nitrogen and oxygen atoms in total. The van der Waals surface area contributed by atoms with E-state index in [9.17, 15) is 9.59 Å². The third-order valence-electron chi connectivity index (χ3n) is 1.26. The average molecular weight is 186 g/mol. The predicted octanol–water partition coefficient (Wildman–Crippen LogP) is -0.259. The average Bonchev–Trinajstić information content (AvgIpc) is 2.02. The predicted molar refractivity (Wildman–Crippen MR) is 50.0 cm³/mol. The fraction of sp³-hybridized carbons (Fsp3) is 0.750. The van der Waals surface area contributed by atoms with Gasteiger partial charge in [-0.3, -0.25) is 4.79 Å². The smallest absolute Gasteiger partial charge is 0.314 e. The van der Waals surface area contributed by atoms with E-state index in [1.807, 2.05) is 13.8 Å². The SMILES string of the molecule is CC(C)NC(=O)NCCCN[C]=O. The lowest BCUT2D eigenvalue weighted by molar-refractivity contribution is 0.238. The first-order valence-electron chi connectivity index (χ1n) is 4.31. The van der Waals surface area contributed by atoms with Crippen LogP contribution in [0.3, 0.4) is 0 Å². The number of hydrogen-bond acceptors (Lipinski definition) is 2. The number of carbonyl (C=O) groups is 1. The Morgan fingerprint density at radius 3 is 2.62 bits per heavy atom. The van der Waals surface area contributed by atoms with Crippen molar-refractivity contribution in [3.8, 4) is 0 Å². The van der Waals surface area contributed by atoms with Crippen LogP contribution in [0.15, 0.2) is 0 Å². The van der Waals surface area contributed by atoms with Gasteiger partial charge in [0.25, 0.3) is 0 Å². The molecule has 0 heterocycles. The molecule has 0 aromatic heterocycles. The van der Waals surface area contributed by atoms with E-state index in [1.54, 1.807) is 6.41 Å². The zero-order valence-electron chi connectivity index (χ0n) is 8.02. The van der Waals surface area contributed by atoms with E-state index in [0.717, 1.165) is 0 Å². The molecule has 0 aliphatic rings. The van der Waals surface area contributed by atoms with Gasteiger partial charge in [-0.15, -0.1) is 0 Å². The summed E-state index contributed by atoms with van der Waals surface area (Å²) in [4.78, 5) is 20.7. The van der Waals surface area contributed by atoms with Crippen LogP contribution in [-0.4, -0.2) is 31.6 Å². The highest BCUT2D eigenvalue weighted by atomic mass is 16.2. The molecule has 3 N–H and O–H groups in total. The second-order valence-corrected chi connectivity index (χ2v) is 2.94. The van der Waals surface area contributed by atoms with Crippen molar-refractivity contribution in [2.24, 2.45) is 0 Å². The molecule has 0 aromatic carbocycles. The Morgan fingerprint density at radius 1 is 1.38 bits per heavy atom. The number of rotatable bonds is 6. The molecule has 0 aliphatic carbocycles. The molecule has 0 atom stereocenters. The summed E-state index contributed by atoms with van der Waals surface area (Å²) in [5, 5.41) is 7.72. The van der Waals surface area contributed by atoms with Crippen LogP contribution in [0.1, 0.15) is 20.3 Å². The van der Waals surface area contributed by atoms with Gasteiger partial charge in [-0.25, -0.2) is 4.79 Å². The van der Waals surface area contributed by atoms with Crippen LogP contribution >= 0.6 is 0 Å². The second kappa shape index (κ2) is 7.39. The van der Waals surface area contributed by atoms with Crippen molar-refractivity contribution in [1.82, 2.24) is 16.0 Å². The molecule has 0 fully saturated rings. The summed E-state index contributed by atoms with van der Waals surface area (Å²) in [5.74, 6) is 0. The second-order valence-electron chi connectivity index (χ2n) is 2.94. The lowest BCUT2D eigenvalue weighted by atomic mass is 10.4. The molecule has 0 saturated heterocycles. The molecule has 0 spiro atoms. The van der Waals surface area contributed by atoms with E-state index < -0.39 is 0 Å². The first-order chi connectivity index (χ1) is 6.16. The van der Waals surface area contributed by atoms with Gasteiger partial charge in [0.2, 0.25) is 0 Å². The first-order valence-corrected chi connectivity index (χ1v) is 4.31. The van der Waals surface area contributed by atoms with Crippen molar-refractivity contribution in [2.75, 3.05) is 13.1 Å².